The van der Waals surface area contributed by atoms with Gasteiger partial charge in [0.15, 0.2) is 0 Å². The molecule has 0 N–H and O–H groups in total. The van der Waals surface area contributed by atoms with Crippen LogP contribution in [-0.4, -0.2) is 30.6 Å². The molecule has 1 fully saturated rings. The summed E-state index contributed by atoms with van der Waals surface area (Å²) in [6, 6.07) is 0.163. The minimum Gasteiger partial charge on any atom is -0.212 e. The van der Waals surface area contributed by atoms with Gasteiger partial charge in [0.05, 0.1) is 5.25 Å². The minimum atomic E-state index is -3.05. The van der Waals surface area contributed by atoms with Gasteiger partial charge in [-0.1, -0.05) is 6.92 Å². The summed E-state index contributed by atoms with van der Waals surface area (Å²) in [4.78, 5) is 0. The Kier molecular flexibility index (Phi) is 3.58. The summed E-state index contributed by atoms with van der Waals surface area (Å²) in [5.74, 6) is 0.484. The zero-order chi connectivity index (χ0) is 10.9. The Bertz CT molecular complexity index is 284. The number of sulfonamides is 1. The molecular weight excluding hydrogens is 198 g/mol. The Morgan fingerprint density at radius 3 is 2.36 bits per heavy atom. The van der Waals surface area contributed by atoms with Crippen molar-refractivity contribution in [3.8, 4) is 0 Å². The van der Waals surface area contributed by atoms with Crippen molar-refractivity contribution in [3.05, 3.63) is 0 Å². The van der Waals surface area contributed by atoms with Crippen molar-refractivity contribution in [2.75, 3.05) is 6.54 Å². The van der Waals surface area contributed by atoms with Crippen molar-refractivity contribution in [2.45, 2.75) is 51.8 Å². The fourth-order valence-electron chi connectivity index (χ4n) is 1.93. The van der Waals surface area contributed by atoms with Crippen molar-refractivity contribution in [3.63, 3.8) is 0 Å². The maximum atomic E-state index is 12.0. The van der Waals surface area contributed by atoms with Crippen LogP contribution in [0.2, 0.25) is 0 Å². The van der Waals surface area contributed by atoms with Crippen molar-refractivity contribution >= 4 is 10.0 Å². The number of hydrogen-bond acceptors (Lipinski definition) is 2. The van der Waals surface area contributed by atoms with Gasteiger partial charge in [-0.15, -0.1) is 0 Å². The van der Waals surface area contributed by atoms with Crippen LogP contribution in [0.3, 0.4) is 0 Å². The normalized spacial score (nSPS) is 30.9. The summed E-state index contributed by atoms with van der Waals surface area (Å²) in [6.45, 7) is 8.35. The fourth-order valence-corrected chi connectivity index (χ4v) is 3.52. The Balaban J connectivity index is 2.87. The molecule has 0 spiro atoms. The SMILES string of the molecule is CC1CCCN(S(=O)(=O)C(C)C)C1C. The zero-order valence-electron chi connectivity index (χ0n) is 9.53. The van der Waals surface area contributed by atoms with Crippen LogP contribution in [0.25, 0.3) is 0 Å². The van der Waals surface area contributed by atoms with Crippen LogP contribution in [0.5, 0.6) is 0 Å². The van der Waals surface area contributed by atoms with E-state index in [4.69, 9.17) is 0 Å². The van der Waals surface area contributed by atoms with E-state index in [1.807, 2.05) is 6.92 Å². The highest BCUT2D eigenvalue weighted by molar-refractivity contribution is 7.89. The Morgan fingerprint density at radius 1 is 1.29 bits per heavy atom. The van der Waals surface area contributed by atoms with E-state index < -0.39 is 10.0 Å². The lowest BCUT2D eigenvalue weighted by atomic mass is 9.94. The molecule has 0 bridgehead atoms. The predicted octanol–water partition coefficient (Wildman–Crippen LogP) is 1.85. The summed E-state index contributed by atoms with van der Waals surface area (Å²) in [6.07, 6.45) is 2.14. The molecule has 1 aliphatic rings. The van der Waals surface area contributed by atoms with E-state index in [0.29, 0.717) is 12.5 Å². The predicted molar refractivity (Wildman–Crippen MR) is 58.6 cm³/mol. The van der Waals surface area contributed by atoms with Gasteiger partial charge >= 0.3 is 0 Å². The lowest BCUT2D eigenvalue weighted by Crippen LogP contribution is -2.48. The molecular formula is C10H21NO2S. The highest BCUT2D eigenvalue weighted by atomic mass is 32.2. The van der Waals surface area contributed by atoms with Crippen LogP contribution in [0.1, 0.15) is 40.5 Å². The fraction of sp³-hybridized carbons (Fsp3) is 1.00. The second kappa shape index (κ2) is 4.19. The van der Waals surface area contributed by atoms with Crippen LogP contribution in [0.4, 0.5) is 0 Å². The number of rotatable bonds is 2. The molecule has 84 valence electrons. The van der Waals surface area contributed by atoms with Crippen molar-refractivity contribution in [1.82, 2.24) is 4.31 Å². The van der Waals surface area contributed by atoms with E-state index >= 15 is 0 Å². The monoisotopic (exact) mass is 219 g/mol. The number of hydrogen-bond donors (Lipinski definition) is 0. The van der Waals surface area contributed by atoms with Crippen LogP contribution in [0, 0.1) is 5.92 Å². The van der Waals surface area contributed by atoms with Crippen molar-refractivity contribution < 1.29 is 8.42 Å². The molecule has 2 atom stereocenters. The lowest BCUT2D eigenvalue weighted by Gasteiger charge is -2.37. The first kappa shape index (κ1) is 12.0. The minimum absolute atomic E-state index is 0.163. The Morgan fingerprint density at radius 2 is 1.86 bits per heavy atom. The molecule has 3 nitrogen and oxygen atoms in total. The van der Waals surface area contributed by atoms with Gasteiger partial charge in [-0.25, -0.2) is 8.42 Å². The maximum Gasteiger partial charge on any atom is 0.216 e. The Hall–Kier alpha value is -0.0900. The molecule has 0 amide bonds. The summed E-state index contributed by atoms with van der Waals surface area (Å²) < 4.78 is 25.6. The van der Waals surface area contributed by atoms with E-state index in [1.165, 1.54) is 0 Å². The van der Waals surface area contributed by atoms with Gasteiger partial charge in [0.2, 0.25) is 10.0 Å². The highest BCUT2D eigenvalue weighted by Crippen LogP contribution is 2.26. The van der Waals surface area contributed by atoms with Gasteiger partial charge in [-0.05, 0) is 39.5 Å². The molecule has 0 radical (unpaired) electrons. The van der Waals surface area contributed by atoms with Gasteiger partial charge in [-0.3, -0.25) is 0 Å². The highest BCUT2D eigenvalue weighted by Gasteiger charge is 2.34. The van der Waals surface area contributed by atoms with Crippen LogP contribution >= 0.6 is 0 Å². The third-order valence-corrected chi connectivity index (χ3v) is 5.60. The van der Waals surface area contributed by atoms with Crippen LogP contribution in [0.15, 0.2) is 0 Å². The van der Waals surface area contributed by atoms with Crippen molar-refractivity contribution in [1.29, 1.82) is 0 Å². The second-order valence-corrected chi connectivity index (χ2v) is 7.01. The van der Waals surface area contributed by atoms with E-state index in [1.54, 1.807) is 18.2 Å². The smallest absolute Gasteiger partial charge is 0.212 e. The van der Waals surface area contributed by atoms with E-state index in [0.717, 1.165) is 12.8 Å². The van der Waals surface area contributed by atoms with Gasteiger partial charge in [0.25, 0.3) is 0 Å². The molecule has 0 saturated carbocycles. The molecule has 0 aliphatic carbocycles. The molecule has 0 aromatic carbocycles. The Labute approximate surface area is 87.5 Å². The number of nitrogens with zero attached hydrogens (tertiary/aromatic N) is 1. The third kappa shape index (κ3) is 2.11. The lowest BCUT2D eigenvalue weighted by molar-refractivity contribution is 0.201. The molecule has 2 unspecified atom stereocenters. The first-order chi connectivity index (χ1) is 6.37. The van der Waals surface area contributed by atoms with E-state index in [2.05, 4.69) is 6.92 Å². The average molecular weight is 219 g/mol. The molecule has 4 heteroatoms. The summed E-state index contributed by atoms with van der Waals surface area (Å²) in [5.41, 5.74) is 0. The molecule has 0 aromatic rings. The molecule has 1 aliphatic heterocycles. The van der Waals surface area contributed by atoms with E-state index in [-0.39, 0.29) is 11.3 Å². The molecule has 1 saturated heterocycles. The molecule has 1 rings (SSSR count). The molecule has 14 heavy (non-hydrogen) atoms. The summed E-state index contributed by atoms with van der Waals surface area (Å²) in [7, 11) is -3.05. The topological polar surface area (TPSA) is 37.4 Å². The first-order valence-corrected chi connectivity index (χ1v) is 6.88. The molecule has 0 aromatic heterocycles. The summed E-state index contributed by atoms with van der Waals surface area (Å²) >= 11 is 0. The third-order valence-electron chi connectivity index (χ3n) is 3.24. The second-order valence-electron chi connectivity index (χ2n) is 4.56. The van der Waals surface area contributed by atoms with Crippen LogP contribution < -0.4 is 0 Å². The van der Waals surface area contributed by atoms with Gasteiger partial charge in [0.1, 0.15) is 0 Å². The van der Waals surface area contributed by atoms with E-state index in [9.17, 15) is 8.42 Å². The van der Waals surface area contributed by atoms with Gasteiger partial charge < -0.3 is 0 Å². The summed E-state index contributed by atoms with van der Waals surface area (Å²) in [5, 5.41) is -0.296. The van der Waals surface area contributed by atoms with Gasteiger partial charge in [-0.2, -0.15) is 4.31 Å². The largest absolute Gasteiger partial charge is 0.216 e. The maximum absolute atomic E-state index is 12.0. The van der Waals surface area contributed by atoms with Crippen LogP contribution in [-0.2, 0) is 10.0 Å². The first-order valence-electron chi connectivity index (χ1n) is 5.38. The zero-order valence-corrected chi connectivity index (χ0v) is 10.3. The van der Waals surface area contributed by atoms with Gasteiger partial charge in [0, 0.05) is 12.6 Å². The molecule has 1 heterocycles. The van der Waals surface area contributed by atoms with Crippen molar-refractivity contribution in [2.24, 2.45) is 5.92 Å². The quantitative estimate of drug-likeness (QED) is 0.710. The number of piperidine rings is 1. The average Bonchev–Trinajstić information content (AvgIpc) is 2.09. The standard InChI is InChI=1S/C10H21NO2S/c1-8(2)14(12,13)11-7-5-6-9(3)10(11)4/h8-10H,5-7H2,1-4H3.